The van der Waals surface area contributed by atoms with Gasteiger partial charge in [0.25, 0.3) is 6.33 Å². The monoisotopic (exact) mass is 1030 g/mol. The molecule has 0 spiro atoms. The minimum Gasteiger partial charge on any atom is -0.458 e. The molecule has 0 unspecified atom stereocenters. The van der Waals surface area contributed by atoms with Gasteiger partial charge in [-0.3, -0.25) is 13.7 Å². The zero-order valence-corrected chi connectivity index (χ0v) is 42.1. The Balaban J connectivity index is 0.997. The number of imidazole rings is 1. The quantitative estimate of drug-likeness (QED) is 0.0956. The average Bonchev–Trinajstić information content (AvgIpc) is 1.72. The van der Waals surface area contributed by atoms with Gasteiger partial charge in [-0.2, -0.15) is 0 Å². The number of benzene rings is 11. The van der Waals surface area contributed by atoms with Gasteiger partial charge in [-0.15, -0.1) is 0 Å². The van der Waals surface area contributed by atoms with Crippen molar-refractivity contribution in [2.45, 2.75) is 13.7 Å². The maximum Gasteiger partial charge on any atom is 0.269 e. The summed E-state index contributed by atoms with van der Waals surface area (Å²) in [5.41, 5.74) is 6.31. The SMILES string of the molecule is [2H]c1nc(-n2c3ccccc3c3ccc(Oc4cccc(-n5[c-][n+](-c6c(-c7c([2H])c(-c8ccccc8)c([2H])c(-c8ccccc8)c7[2H])cccc6-c6c([2H])c(-c7ccccc7)c([2H])c(-c7ccccc7)c6[2H])c6ccccc65)c4)cc32)c([2H])c(C([2H])([2H])[2H])c1C([2H])([2H])[2H]. The van der Waals surface area contributed by atoms with Crippen LogP contribution in [0.3, 0.4) is 0 Å². The van der Waals surface area contributed by atoms with Gasteiger partial charge in [-0.05, 0) is 170 Å². The van der Waals surface area contributed by atoms with Gasteiger partial charge < -0.3 is 4.74 Å². The molecule has 5 nitrogen and oxygen atoms in total. The Morgan fingerprint density at radius 1 is 0.418 bits per heavy atom. The lowest BCUT2D eigenvalue weighted by Gasteiger charge is -2.20. The van der Waals surface area contributed by atoms with E-state index in [1.165, 1.54) is 0 Å². The number of para-hydroxylation sites is 4. The highest BCUT2D eigenvalue weighted by molar-refractivity contribution is 6.09. The molecule has 3 heterocycles. The summed E-state index contributed by atoms with van der Waals surface area (Å²) in [6.45, 7) is -6.12. The summed E-state index contributed by atoms with van der Waals surface area (Å²) in [6, 6.07) is 68.9. The second-order valence-electron chi connectivity index (χ2n) is 19.0. The minimum absolute atomic E-state index is 0.00545. The van der Waals surface area contributed by atoms with Crippen LogP contribution in [0.2, 0.25) is 0 Å². The topological polar surface area (TPSA) is 35.9 Å². The van der Waals surface area contributed by atoms with Gasteiger partial charge in [-0.25, -0.2) is 4.98 Å². The molecule has 374 valence electrons. The fourth-order valence-corrected chi connectivity index (χ4v) is 10.3. The molecule has 0 aliphatic heterocycles. The van der Waals surface area contributed by atoms with E-state index in [9.17, 15) is 9.60 Å². The highest BCUT2D eigenvalue weighted by atomic mass is 16.5. The molecular formula is C74H52N4O. The van der Waals surface area contributed by atoms with Gasteiger partial charge in [0, 0.05) is 31.2 Å². The van der Waals surface area contributed by atoms with Crippen molar-refractivity contribution in [2.75, 3.05) is 0 Å². The molecule has 3 aromatic heterocycles. The van der Waals surface area contributed by atoms with Crippen molar-refractivity contribution in [2.24, 2.45) is 0 Å². The summed E-state index contributed by atoms with van der Waals surface area (Å²) in [5, 5.41) is 1.40. The number of hydrogen-bond donors (Lipinski definition) is 0. The molecule has 79 heavy (non-hydrogen) atoms. The van der Waals surface area contributed by atoms with E-state index in [2.05, 4.69) is 11.3 Å². The lowest BCUT2D eigenvalue weighted by Crippen LogP contribution is -2.31. The summed E-state index contributed by atoms with van der Waals surface area (Å²) in [7, 11) is 0. The van der Waals surface area contributed by atoms with E-state index in [4.69, 9.17) is 14.3 Å². The molecule has 0 amide bonds. The molecular weight excluding hydrogens is 961 g/mol. The third-order valence-corrected chi connectivity index (χ3v) is 14.0. The molecule has 0 aliphatic carbocycles. The van der Waals surface area contributed by atoms with E-state index in [-0.39, 0.29) is 53.2 Å². The highest BCUT2D eigenvalue weighted by Crippen LogP contribution is 2.42. The van der Waals surface area contributed by atoms with Gasteiger partial charge in [0.2, 0.25) is 0 Å². The minimum atomic E-state index is -3.07. The van der Waals surface area contributed by atoms with Crippen LogP contribution in [0.1, 0.15) is 30.3 Å². The van der Waals surface area contributed by atoms with Crippen molar-refractivity contribution in [1.82, 2.24) is 14.1 Å². The van der Waals surface area contributed by atoms with E-state index < -0.39 is 37.0 Å². The van der Waals surface area contributed by atoms with Gasteiger partial charge in [0.15, 0.2) is 0 Å². The van der Waals surface area contributed by atoms with Gasteiger partial charge >= 0.3 is 0 Å². The van der Waals surface area contributed by atoms with Crippen LogP contribution in [0.25, 0.3) is 117 Å². The first-order valence-corrected chi connectivity index (χ1v) is 25.7. The second-order valence-corrected chi connectivity index (χ2v) is 19.0. The average molecular weight is 1030 g/mol. The normalized spacial score (nSPS) is 14.3. The number of nitrogens with zero attached hydrogens (tertiary/aromatic N) is 4. The van der Waals surface area contributed by atoms with E-state index in [1.54, 1.807) is 41.0 Å². The molecule has 0 radical (unpaired) electrons. The molecule has 0 saturated heterocycles. The van der Waals surface area contributed by atoms with Gasteiger partial charge in [0.1, 0.15) is 17.3 Å². The fraction of sp³-hybridized carbons (Fsp3) is 0.0270. The maximum absolute atomic E-state index is 10.3. The Hall–Kier alpha value is -10.4. The first-order chi connectivity index (χ1) is 44.8. The first-order valence-electron chi connectivity index (χ1n) is 32.7. The third-order valence-electron chi connectivity index (χ3n) is 14.0. The summed E-state index contributed by atoms with van der Waals surface area (Å²) in [6.07, 6.45) is 2.88. The van der Waals surface area contributed by atoms with Crippen LogP contribution in [0.5, 0.6) is 11.5 Å². The van der Waals surface area contributed by atoms with Gasteiger partial charge in [0.05, 0.1) is 44.4 Å². The second kappa shape index (κ2) is 20.0. The highest BCUT2D eigenvalue weighted by Gasteiger charge is 2.23. The molecule has 14 rings (SSSR count). The Labute approximate surface area is 479 Å². The molecule has 0 atom stereocenters. The summed E-state index contributed by atoms with van der Waals surface area (Å²) in [4.78, 5) is 4.33. The van der Waals surface area contributed by atoms with E-state index in [0.717, 1.165) is 5.39 Å². The first kappa shape index (κ1) is 34.3. The van der Waals surface area contributed by atoms with E-state index in [0.29, 0.717) is 106 Å². The fourth-order valence-electron chi connectivity index (χ4n) is 10.3. The number of fused-ring (bicyclic) bond motifs is 4. The lowest BCUT2D eigenvalue weighted by molar-refractivity contribution is -0.571. The van der Waals surface area contributed by atoms with Crippen LogP contribution in [-0.4, -0.2) is 14.1 Å². The van der Waals surface area contributed by atoms with Crippen LogP contribution < -0.4 is 9.30 Å². The Morgan fingerprint density at radius 3 is 1.49 bits per heavy atom. The standard InChI is InChI=1S/C74H52N4O/c1-50-39-73(75-48-51(50)2)78-69-34-16-15-31-67(69)68-38-37-64(47-72(68)78)79-63-30-19-29-62(46-63)76-49-77(71-36-18-17-35-70(71)76)74-65(60-42-56(52-21-7-3-8-22-52)40-57(43-60)53-23-9-4-10-24-53)32-20-33-66(74)61-44-58(54-25-11-5-12-26-54)41-59(45-61)55-27-13-6-14-28-55/h3-48H,1-2H3/i1D3,2D3,39D,40D,41D,42D,43D,44D,45D,48D. The van der Waals surface area contributed by atoms with Crippen molar-refractivity contribution < 1.29 is 28.5 Å². The van der Waals surface area contributed by atoms with Crippen LogP contribution >= 0.6 is 0 Å². The molecule has 0 fully saturated rings. The Bertz CT molecular complexity index is 5010. The van der Waals surface area contributed by atoms with Crippen LogP contribution in [-0.2, 0) is 0 Å². The van der Waals surface area contributed by atoms with Crippen molar-refractivity contribution in [3.63, 3.8) is 0 Å². The number of ether oxygens (including phenoxy) is 1. The predicted octanol–water partition coefficient (Wildman–Crippen LogP) is 18.6. The van der Waals surface area contributed by atoms with E-state index in [1.807, 2.05) is 203 Å². The molecule has 0 saturated carbocycles. The Kier molecular flexibility index (Phi) is 8.68. The summed E-state index contributed by atoms with van der Waals surface area (Å²) >= 11 is 0. The molecule has 11 aromatic carbocycles. The van der Waals surface area contributed by atoms with Crippen LogP contribution in [0.15, 0.2) is 279 Å². The van der Waals surface area contributed by atoms with Gasteiger partial charge in [-0.1, -0.05) is 188 Å². The number of aromatic nitrogens is 4. The molecule has 0 aliphatic rings. The molecule has 0 bridgehead atoms. The molecule has 5 heteroatoms. The maximum atomic E-state index is 10.3. The molecule has 14 aromatic rings. The van der Waals surface area contributed by atoms with E-state index >= 15 is 0 Å². The van der Waals surface area contributed by atoms with Crippen molar-refractivity contribution >= 4 is 32.8 Å². The largest absolute Gasteiger partial charge is 0.458 e. The van der Waals surface area contributed by atoms with Crippen molar-refractivity contribution in [3.05, 3.63) is 296 Å². The Morgan fingerprint density at radius 2 is 0.911 bits per heavy atom. The number of pyridine rings is 1. The predicted molar refractivity (Wildman–Crippen MR) is 324 cm³/mol. The van der Waals surface area contributed by atoms with Crippen molar-refractivity contribution in [3.8, 4) is 95.5 Å². The number of hydrogen-bond acceptors (Lipinski definition) is 2. The lowest BCUT2D eigenvalue weighted by atomic mass is 9.89. The zero-order valence-electron chi connectivity index (χ0n) is 56.1. The smallest absolute Gasteiger partial charge is 0.269 e. The zero-order chi connectivity index (χ0) is 64.8. The molecule has 0 N–H and O–H groups in total. The number of rotatable bonds is 11. The third kappa shape index (κ3) is 8.83. The van der Waals surface area contributed by atoms with Crippen LogP contribution in [0.4, 0.5) is 0 Å². The summed E-state index contributed by atoms with van der Waals surface area (Å²) < 4.78 is 140. The summed E-state index contributed by atoms with van der Waals surface area (Å²) in [5.74, 6) is 0.461. The van der Waals surface area contributed by atoms with Crippen LogP contribution in [0, 0.1) is 20.0 Å². The van der Waals surface area contributed by atoms with Crippen molar-refractivity contribution in [1.29, 1.82) is 0 Å².